The summed E-state index contributed by atoms with van der Waals surface area (Å²) >= 11 is 0. The van der Waals surface area contributed by atoms with E-state index in [2.05, 4.69) is 15.4 Å². The van der Waals surface area contributed by atoms with Gasteiger partial charge in [0.2, 0.25) is 0 Å². The van der Waals surface area contributed by atoms with Crippen molar-refractivity contribution in [2.45, 2.75) is 18.9 Å². The van der Waals surface area contributed by atoms with Crippen molar-refractivity contribution in [2.75, 3.05) is 25.2 Å². The van der Waals surface area contributed by atoms with Crippen LogP contribution in [0, 0.1) is 0 Å². The third kappa shape index (κ3) is 4.93. The number of pyridine rings is 1. The van der Waals surface area contributed by atoms with Gasteiger partial charge in [-0.2, -0.15) is 5.10 Å². The number of amides is 1. The van der Waals surface area contributed by atoms with Crippen LogP contribution in [-0.4, -0.2) is 54.2 Å². The van der Waals surface area contributed by atoms with Crippen molar-refractivity contribution >= 4 is 15.7 Å². The summed E-state index contributed by atoms with van der Waals surface area (Å²) in [4.78, 5) is 16.7. The quantitative estimate of drug-likeness (QED) is 0.605. The molecule has 1 aliphatic heterocycles. The molecule has 1 aromatic carbocycles. The summed E-state index contributed by atoms with van der Waals surface area (Å²) < 4.78 is 30.9. The molecule has 1 amide bonds. The topological polar surface area (TPSA) is 103 Å². The van der Waals surface area contributed by atoms with E-state index in [4.69, 9.17) is 4.74 Å². The highest BCUT2D eigenvalue weighted by Gasteiger charge is 2.32. The summed E-state index contributed by atoms with van der Waals surface area (Å²) in [5, 5.41) is 7.39. The van der Waals surface area contributed by atoms with Gasteiger partial charge in [0, 0.05) is 24.5 Å². The molecule has 9 heteroatoms. The van der Waals surface area contributed by atoms with Gasteiger partial charge in [0.25, 0.3) is 5.91 Å². The van der Waals surface area contributed by atoms with Crippen LogP contribution >= 0.6 is 0 Å². The molecule has 1 saturated heterocycles. The van der Waals surface area contributed by atoms with Crippen LogP contribution in [0.1, 0.15) is 28.5 Å². The molecule has 0 bridgehead atoms. The molecule has 162 valence electrons. The Bertz CT molecular complexity index is 1160. The van der Waals surface area contributed by atoms with E-state index in [0.717, 1.165) is 11.1 Å². The molecule has 0 saturated carbocycles. The summed E-state index contributed by atoms with van der Waals surface area (Å²) in [6, 6.07) is 12.6. The smallest absolute Gasteiger partial charge is 0.271 e. The number of carbonyl (C=O) groups is 1. The van der Waals surface area contributed by atoms with Gasteiger partial charge in [-0.15, -0.1) is 0 Å². The Labute approximate surface area is 181 Å². The second-order valence-corrected chi connectivity index (χ2v) is 9.73. The molecule has 0 aliphatic carbocycles. The second kappa shape index (κ2) is 8.89. The first-order valence-corrected chi connectivity index (χ1v) is 11.9. The number of nitrogens with zero attached hydrogens (tertiary/aromatic N) is 3. The van der Waals surface area contributed by atoms with Gasteiger partial charge in [0.15, 0.2) is 15.5 Å². The fourth-order valence-electron chi connectivity index (χ4n) is 3.69. The zero-order valence-corrected chi connectivity index (χ0v) is 18.0. The SMILES string of the molecule is COc1ccc(-c2cc(C(=O)NCCc3ccncc3)nn2[C@H]2CCS(=O)(=O)C2)cc1. The maximum atomic E-state index is 12.7. The van der Waals surface area contributed by atoms with Crippen LogP contribution in [0.5, 0.6) is 5.75 Å². The zero-order valence-electron chi connectivity index (χ0n) is 17.2. The number of carbonyl (C=O) groups excluding carboxylic acids is 1. The number of rotatable bonds is 7. The van der Waals surface area contributed by atoms with Crippen molar-refractivity contribution in [3.8, 4) is 17.0 Å². The maximum absolute atomic E-state index is 12.7. The molecule has 31 heavy (non-hydrogen) atoms. The second-order valence-electron chi connectivity index (χ2n) is 7.51. The molecule has 8 nitrogen and oxygen atoms in total. The van der Waals surface area contributed by atoms with E-state index >= 15 is 0 Å². The summed E-state index contributed by atoms with van der Waals surface area (Å²) in [5.74, 6) is 0.587. The molecule has 0 radical (unpaired) electrons. The van der Waals surface area contributed by atoms with E-state index in [1.165, 1.54) is 0 Å². The minimum atomic E-state index is -3.10. The Balaban J connectivity index is 1.57. The number of aromatic nitrogens is 3. The van der Waals surface area contributed by atoms with Crippen LogP contribution in [0.2, 0.25) is 0 Å². The van der Waals surface area contributed by atoms with Crippen molar-refractivity contribution in [3.05, 3.63) is 66.1 Å². The lowest BCUT2D eigenvalue weighted by atomic mass is 10.1. The normalized spacial score (nSPS) is 17.4. The minimum absolute atomic E-state index is 0.0287. The number of nitrogens with one attached hydrogen (secondary N) is 1. The summed E-state index contributed by atoms with van der Waals surface area (Å²) in [6.07, 6.45) is 4.60. The summed E-state index contributed by atoms with van der Waals surface area (Å²) in [5.41, 5.74) is 2.90. The van der Waals surface area contributed by atoms with Gasteiger partial charge in [0.1, 0.15) is 5.75 Å². The highest BCUT2D eigenvalue weighted by Crippen LogP contribution is 2.31. The predicted octanol–water partition coefficient (Wildman–Crippen LogP) is 2.29. The van der Waals surface area contributed by atoms with Crippen LogP contribution in [0.15, 0.2) is 54.9 Å². The first-order chi connectivity index (χ1) is 14.9. The number of hydrogen-bond acceptors (Lipinski definition) is 6. The lowest BCUT2D eigenvalue weighted by Gasteiger charge is -2.13. The van der Waals surface area contributed by atoms with Crippen molar-refractivity contribution in [3.63, 3.8) is 0 Å². The minimum Gasteiger partial charge on any atom is -0.497 e. The lowest BCUT2D eigenvalue weighted by molar-refractivity contribution is 0.0948. The number of ether oxygens (including phenoxy) is 1. The van der Waals surface area contributed by atoms with Gasteiger partial charge >= 0.3 is 0 Å². The predicted molar refractivity (Wildman–Crippen MR) is 117 cm³/mol. The van der Waals surface area contributed by atoms with Crippen molar-refractivity contribution in [1.29, 1.82) is 0 Å². The average Bonchev–Trinajstić information content (AvgIpc) is 3.38. The van der Waals surface area contributed by atoms with Gasteiger partial charge in [0.05, 0.1) is 30.4 Å². The zero-order chi connectivity index (χ0) is 21.8. The van der Waals surface area contributed by atoms with E-state index in [-0.39, 0.29) is 29.1 Å². The largest absolute Gasteiger partial charge is 0.497 e. The first-order valence-electron chi connectivity index (χ1n) is 10.1. The molecule has 1 atom stereocenters. The number of methoxy groups -OCH3 is 1. The van der Waals surface area contributed by atoms with Crippen molar-refractivity contribution < 1.29 is 17.9 Å². The Morgan fingerprint density at radius 1 is 1.19 bits per heavy atom. The highest BCUT2D eigenvalue weighted by atomic mass is 32.2. The molecule has 0 spiro atoms. The molecule has 4 rings (SSSR count). The molecule has 1 fully saturated rings. The van der Waals surface area contributed by atoms with Crippen molar-refractivity contribution in [2.24, 2.45) is 0 Å². The summed E-state index contributed by atoms with van der Waals surface area (Å²) in [6.45, 7) is 0.464. The Hall–Kier alpha value is -3.20. The Kier molecular flexibility index (Phi) is 6.03. The van der Waals surface area contributed by atoms with E-state index in [0.29, 0.717) is 30.8 Å². The van der Waals surface area contributed by atoms with E-state index in [9.17, 15) is 13.2 Å². The van der Waals surface area contributed by atoms with E-state index < -0.39 is 9.84 Å². The molecular weight excluding hydrogens is 416 g/mol. The van der Waals surface area contributed by atoms with Crippen LogP contribution in [0.4, 0.5) is 0 Å². The number of hydrogen-bond donors (Lipinski definition) is 1. The average molecular weight is 441 g/mol. The molecule has 3 aromatic rings. The molecule has 1 N–H and O–H groups in total. The number of benzene rings is 1. The van der Waals surface area contributed by atoms with Crippen molar-refractivity contribution in [1.82, 2.24) is 20.1 Å². The molecule has 2 aromatic heterocycles. The molecule has 0 unspecified atom stereocenters. The lowest BCUT2D eigenvalue weighted by Crippen LogP contribution is -2.26. The fraction of sp³-hybridized carbons (Fsp3) is 0.318. The molecule has 1 aliphatic rings. The maximum Gasteiger partial charge on any atom is 0.271 e. The van der Waals surface area contributed by atoms with Crippen LogP contribution in [-0.2, 0) is 16.3 Å². The summed E-state index contributed by atoms with van der Waals surface area (Å²) in [7, 11) is -1.50. The van der Waals surface area contributed by atoms with Gasteiger partial charge in [-0.05, 0) is 60.9 Å². The molecular formula is C22H24N4O4S. The number of sulfone groups is 1. The Morgan fingerprint density at radius 2 is 1.94 bits per heavy atom. The van der Waals surface area contributed by atoms with Crippen LogP contribution < -0.4 is 10.1 Å². The van der Waals surface area contributed by atoms with Gasteiger partial charge in [-0.1, -0.05) is 0 Å². The first kappa shape index (κ1) is 21.0. The van der Waals surface area contributed by atoms with Gasteiger partial charge < -0.3 is 10.1 Å². The monoisotopic (exact) mass is 440 g/mol. The van der Waals surface area contributed by atoms with Crippen LogP contribution in [0.25, 0.3) is 11.3 Å². The van der Waals surface area contributed by atoms with E-state index in [1.807, 2.05) is 36.4 Å². The van der Waals surface area contributed by atoms with Gasteiger partial charge in [-0.3, -0.25) is 14.5 Å². The molecule has 3 heterocycles. The third-order valence-electron chi connectivity index (χ3n) is 5.36. The fourth-order valence-corrected chi connectivity index (χ4v) is 5.38. The van der Waals surface area contributed by atoms with Crippen LogP contribution in [0.3, 0.4) is 0 Å². The highest BCUT2D eigenvalue weighted by molar-refractivity contribution is 7.91. The van der Waals surface area contributed by atoms with E-state index in [1.54, 1.807) is 30.3 Å². The third-order valence-corrected chi connectivity index (χ3v) is 7.11. The standard InChI is InChI=1S/C22H24N4O4S/c1-30-19-4-2-17(3-5-19)21-14-20(25-26(21)18-9-13-31(28,29)15-18)22(27)24-12-8-16-6-10-23-11-7-16/h2-7,10-11,14,18H,8-9,12-13,15H2,1H3,(H,24,27)/t18-/m0/s1. The Morgan fingerprint density at radius 3 is 2.58 bits per heavy atom. The van der Waals surface area contributed by atoms with Gasteiger partial charge in [-0.25, -0.2) is 8.42 Å².